The van der Waals surface area contributed by atoms with E-state index in [0.717, 1.165) is 16.7 Å². The van der Waals surface area contributed by atoms with Gasteiger partial charge in [0.1, 0.15) is 11.6 Å². The molecule has 0 aliphatic heterocycles. The molecule has 1 aromatic heterocycles. The van der Waals surface area contributed by atoms with Crippen LogP contribution in [0, 0.1) is 11.6 Å². The van der Waals surface area contributed by atoms with Crippen molar-refractivity contribution in [1.29, 1.82) is 0 Å². The normalized spacial score (nSPS) is 10.8. The molecule has 0 radical (unpaired) electrons. The molecule has 0 spiro atoms. The van der Waals surface area contributed by atoms with E-state index in [2.05, 4.69) is 0 Å². The van der Waals surface area contributed by atoms with Gasteiger partial charge in [0.05, 0.1) is 11.1 Å². The highest BCUT2D eigenvalue weighted by molar-refractivity contribution is 6.02. The topological polar surface area (TPSA) is 59.3 Å². The number of halogens is 2. The summed E-state index contributed by atoms with van der Waals surface area (Å²) < 4.78 is 27.5. The quantitative estimate of drug-likeness (QED) is 0.820. The molecule has 0 saturated carbocycles. The second kappa shape index (κ2) is 3.65. The number of rotatable bonds is 1. The fourth-order valence-corrected chi connectivity index (χ4v) is 1.70. The first-order valence-corrected chi connectivity index (χ1v) is 4.64. The van der Waals surface area contributed by atoms with Crippen LogP contribution in [0.3, 0.4) is 0 Å². The lowest BCUT2D eigenvalue weighted by Crippen LogP contribution is -2.19. The number of hydrogen-bond donors (Lipinski definition) is 1. The van der Waals surface area contributed by atoms with E-state index < -0.39 is 28.7 Å². The molecule has 1 heterocycles. The van der Waals surface area contributed by atoms with Crippen molar-refractivity contribution in [3.8, 4) is 0 Å². The number of benzene rings is 1. The molecule has 1 N–H and O–H groups in total. The third-order valence-corrected chi connectivity index (χ3v) is 2.48. The van der Waals surface area contributed by atoms with Gasteiger partial charge in [0, 0.05) is 24.6 Å². The average molecular weight is 239 g/mol. The Kier molecular flexibility index (Phi) is 2.42. The number of pyridine rings is 1. The summed E-state index contributed by atoms with van der Waals surface area (Å²) in [5.41, 5.74) is -1.31. The molecule has 4 nitrogen and oxygen atoms in total. The summed E-state index contributed by atoms with van der Waals surface area (Å²) in [6, 6.07) is 2.33. The third-order valence-electron chi connectivity index (χ3n) is 2.48. The molecule has 2 aromatic rings. The van der Waals surface area contributed by atoms with Crippen molar-refractivity contribution in [3.63, 3.8) is 0 Å². The number of aromatic carboxylic acids is 1. The van der Waals surface area contributed by atoms with E-state index in [9.17, 15) is 18.4 Å². The minimum Gasteiger partial charge on any atom is -0.478 e. The monoisotopic (exact) mass is 239 g/mol. The first-order valence-electron chi connectivity index (χ1n) is 4.64. The Balaban J connectivity index is 3.09. The summed E-state index contributed by atoms with van der Waals surface area (Å²) in [4.78, 5) is 22.3. The lowest BCUT2D eigenvalue weighted by molar-refractivity contribution is 0.0699. The van der Waals surface area contributed by atoms with Gasteiger partial charge in [-0.05, 0) is 6.07 Å². The highest BCUT2D eigenvalue weighted by atomic mass is 19.1. The minimum absolute atomic E-state index is 0.142. The summed E-state index contributed by atoms with van der Waals surface area (Å²) in [5.74, 6) is -3.27. The fourth-order valence-electron chi connectivity index (χ4n) is 1.70. The van der Waals surface area contributed by atoms with Gasteiger partial charge in [-0.3, -0.25) is 4.79 Å². The van der Waals surface area contributed by atoms with Crippen LogP contribution < -0.4 is 5.56 Å². The highest BCUT2D eigenvalue weighted by Crippen LogP contribution is 2.21. The number of carboxylic acid groups (broad SMARTS) is 1. The van der Waals surface area contributed by atoms with Crippen LogP contribution in [0.1, 0.15) is 10.4 Å². The van der Waals surface area contributed by atoms with Crippen molar-refractivity contribution < 1.29 is 18.7 Å². The van der Waals surface area contributed by atoms with E-state index in [4.69, 9.17) is 5.11 Å². The van der Waals surface area contributed by atoms with Crippen molar-refractivity contribution >= 4 is 16.9 Å². The van der Waals surface area contributed by atoms with Crippen molar-refractivity contribution in [1.82, 2.24) is 4.57 Å². The van der Waals surface area contributed by atoms with Crippen molar-refractivity contribution in [2.45, 2.75) is 0 Å². The van der Waals surface area contributed by atoms with E-state index in [-0.39, 0.29) is 10.9 Å². The van der Waals surface area contributed by atoms with Crippen LogP contribution >= 0.6 is 0 Å². The van der Waals surface area contributed by atoms with Crippen molar-refractivity contribution in [2.75, 3.05) is 0 Å². The molecule has 0 amide bonds. The predicted molar refractivity (Wildman–Crippen MR) is 56.1 cm³/mol. The van der Waals surface area contributed by atoms with Gasteiger partial charge in [0.25, 0.3) is 5.56 Å². The van der Waals surface area contributed by atoms with Gasteiger partial charge in [-0.2, -0.15) is 0 Å². The molecule has 17 heavy (non-hydrogen) atoms. The maximum absolute atomic E-state index is 13.5. The number of carbonyl (C=O) groups is 1. The molecule has 88 valence electrons. The SMILES string of the molecule is Cn1c(=O)cc(C(=O)O)c2cc(F)cc(F)c21. The first kappa shape index (κ1) is 11.3. The molecule has 1 aromatic carbocycles. The molecule has 2 rings (SSSR count). The van der Waals surface area contributed by atoms with Crippen LogP contribution in [0.4, 0.5) is 8.78 Å². The first-order chi connectivity index (χ1) is 7.91. The number of aromatic nitrogens is 1. The Morgan fingerprint density at radius 1 is 1.29 bits per heavy atom. The molecule has 0 fully saturated rings. The van der Waals surface area contributed by atoms with Crippen LogP contribution in [-0.4, -0.2) is 15.6 Å². The van der Waals surface area contributed by atoms with Crippen LogP contribution in [-0.2, 0) is 7.05 Å². The predicted octanol–water partition coefficient (Wildman–Crippen LogP) is 1.51. The smallest absolute Gasteiger partial charge is 0.336 e. The van der Waals surface area contributed by atoms with Gasteiger partial charge in [0.15, 0.2) is 0 Å². The Hall–Kier alpha value is -2.24. The van der Waals surface area contributed by atoms with Gasteiger partial charge in [-0.25, -0.2) is 13.6 Å². The van der Waals surface area contributed by atoms with Gasteiger partial charge < -0.3 is 9.67 Å². The molecular formula is C11H7F2NO3. The maximum atomic E-state index is 13.5. The van der Waals surface area contributed by atoms with E-state index in [1.807, 2.05) is 0 Å². The van der Waals surface area contributed by atoms with E-state index in [1.165, 1.54) is 7.05 Å². The molecule has 6 heteroatoms. The second-order valence-electron chi connectivity index (χ2n) is 3.54. The van der Waals surface area contributed by atoms with Crippen molar-refractivity contribution in [2.24, 2.45) is 7.05 Å². The van der Waals surface area contributed by atoms with Crippen LogP contribution in [0.5, 0.6) is 0 Å². The van der Waals surface area contributed by atoms with Gasteiger partial charge in [-0.15, -0.1) is 0 Å². The number of nitrogens with zero attached hydrogens (tertiary/aromatic N) is 1. The molecule has 0 saturated heterocycles. The highest BCUT2D eigenvalue weighted by Gasteiger charge is 2.16. The minimum atomic E-state index is -1.40. The van der Waals surface area contributed by atoms with E-state index >= 15 is 0 Å². The number of hydrogen-bond acceptors (Lipinski definition) is 2. The summed E-state index contributed by atoms with van der Waals surface area (Å²) in [6.07, 6.45) is 0. The molecule has 0 unspecified atom stereocenters. The Bertz CT molecular complexity index is 691. The zero-order valence-corrected chi connectivity index (χ0v) is 8.70. The van der Waals surface area contributed by atoms with E-state index in [0.29, 0.717) is 6.07 Å². The van der Waals surface area contributed by atoms with Crippen LogP contribution in [0.2, 0.25) is 0 Å². The Labute approximate surface area is 93.7 Å². The molecule has 0 bridgehead atoms. The standard InChI is InChI=1S/C11H7F2NO3/c1-14-9(15)4-7(11(16)17)6-2-5(12)3-8(13)10(6)14/h2-4H,1H3,(H,16,17). The third kappa shape index (κ3) is 1.67. The number of carboxylic acids is 1. The summed E-state index contributed by atoms with van der Waals surface area (Å²) in [5, 5.41) is 8.75. The number of fused-ring (bicyclic) bond motifs is 1. The zero-order chi connectivity index (χ0) is 12.7. The average Bonchev–Trinajstić information content (AvgIpc) is 2.21. The molecular weight excluding hydrogens is 232 g/mol. The van der Waals surface area contributed by atoms with Crippen molar-refractivity contribution in [3.05, 3.63) is 45.8 Å². The summed E-state index contributed by atoms with van der Waals surface area (Å²) in [7, 11) is 1.29. The lowest BCUT2D eigenvalue weighted by Gasteiger charge is -2.08. The summed E-state index contributed by atoms with van der Waals surface area (Å²) >= 11 is 0. The fraction of sp³-hybridized carbons (Fsp3) is 0.0909. The molecule has 0 aliphatic rings. The zero-order valence-electron chi connectivity index (χ0n) is 8.70. The van der Waals surface area contributed by atoms with Gasteiger partial charge in [0.2, 0.25) is 0 Å². The van der Waals surface area contributed by atoms with Crippen LogP contribution in [0.15, 0.2) is 23.0 Å². The van der Waals surface area contributed by atoms with Gasteiger partial charge >= 0.3 is 5.97 Å². The lowest BCUT2D eigenvalue weighted by atomic mass is 10.1. The second-order valence-corrected chi connectivity index (χ2v) is 3.54. The summed E-state index contributed by atoms with van der Waals surface area (Å²) in [6.45, 7) is 0. The Morgan fingerprint density at radius 3 is 2.53 bits per heavy atom. The molecule has 0 atom stereocenters. The van der Waals surface area contributed by atoms with E-state index in [1.54, 1.807) is 0 Å². The largest absolute Gasteiger partial charge is 0.478 e. The van der Waals surface area contributed by atoms with Gasteiger partial charge in [-0.1, -0.05) is 0 Å². The maximum Gasteiger partial charge on any atom is 0.336 e. The molecule has 0 aliphatic carbocycles. The Morgan fingerprint density at radius 2 is 1.94 bits per heavy atom. The van der Waals surface area contributed by atoms with Crippen LogP contribution in [0.25, 0.3) is 10.9 Å². The number of aryl methyl sites for hydroxylation is 1.